The van der Waals surface area contributed by atoms with E-state index in [1.54, 1.807) is 0 Å². The summed E-state index contributed by atoms with van der Waals surface area (Å²) in [5.41, 5.74) is 7.13. The van der Waals surface area contributed by atoms with Crippen molar-refractivity contribution in [3.8, 4) is 0 Å². The molecule has 1 saturated heterocycles. The van der Waals surface area contributed by atoms with Crippen LogP contribution in [0.15, 0.2) is 28.7 Å². The average Bonchev–Trinajstić information content (AvgIpc) is 3.01. The van der Waals surface area contributed by atoms with E-state index in [2.05, 4.69) is 26.8 Å². The first kappa shape index (κ1) is 17.9. The minimum absolute atomic E-state index is 0.00570. The molecule has 7 nitrogen and oxygen atoms in total. The lowest BCUT2D eigenvalue weighted by Gasteiger charge is -2.23. The lowest BCUT2D eigenvalue weighted by Crippen LogP contribution is -2.48. The number of hydrogen-bond donors (Lipinski definition) is 3. The molecule has 2 rings (SSSR count). The molecule has 3 N–H and O–H groups in total. The summed E-state index contributed by atoms with van der Waals surface area (Å²) in [5.74, 6) is -1.28. The second kappa shape index (κ2) is 8.39. The summed E-state index contributed by atoms with van der Waals surface area (Å²) in [6.45, 7) is 0.224. The molecule has 0 saturated carbocycles. The number of rotatable bonds is 7. The minimum atomic E-state index is -1.04. The smallest absolute Gasteiger partial charge is 0.323 e. The van der Waals surface area contributed by atoms with Crippen molar-refractivity contribution in [3.05, 3.63) is 34.3 Å². The van der Waals surface area contributed by atoms with Gasteiger partial charge in [0.2, 0.25) is 5.91 Å². The second-order valence-corrected chi connectivity index (χ2v) is 6.24. The highest BCUT2D eigenvalue weighted by molar-refractivity contribution is 9.10. The Bertz CT molecular complexity index is 552. The summed E-state index contributed by atoms with van der Waals surface area (Å²) < 4.78 is 5.93. The van der Waals surface area contributed by atoms with E-state index in [1.165, 1.54) is 12.0 Å². The Morgan fingerprint density at radius 1 is 1.35 bits per heavy atom. The van der Waals surface area contributed by atoms with Gasteiger partial charge in [0.25, 0.3) is 0 Å². The number of hydrazine groups is 1. The van der Waals surface area contributed by atoms with Gasteiger partial charge in [-0.3, -0.25) is 9.59 Å². The third-order valence-electron chi connectivity index (χ3n) is 3.68. The summed E-state index contributed by atoms with van der Waals surface area (Å²) in [4.78, 5) is 24.8. The van der Waals surface area contributed by atoms with Crippen molar-refractivity contribution >= 4 is 27.8 Å². The van der Waals surface area contributed by atoms with Crippen LogP contribution in [-0.2, 0) is 14.3 Å². The molecule has 2 unspecified atom stereocenters. The van der Waals surface area contributed by atoms with Gasteiger partial charge in [0.1, 0.15) is 12.6 Å². The van der Waals surface area contributed by atoms with Crippen molar-refractivity contribution < 1.29 is 19.4 Å². The van der Waals surface area contributed by atoms with Gasteiger partial charge in [-0.2, -0.15) is 0 Å². The van der Waals surface area contributed by atoms with Gasteiger partial charge in [0.05, 0.1) is 6.61 Å². The van der Waals surface area contributed by atoms with Crippen LogP contribution in [0.3, 0.4) is 0 Å². The minimum Gasteiger partial charge on any atom is -0.480 e. The maximum absolute atomic E-state index is 12.5. The largest absolute Gasteiger partial charge is 0.480 e. The zero-order chi connectivity index (χ0) is 16.8. The maximum Gasteiger partial charge on any atom is 0.323 e. The number of carbonyl (C=O) groups excluding carboxylic acids is 1. The predicted molar refractivity (Wildman–Crippen MR) is 87.7 cm³/mol. The Balaban J connectivity index is 1.99. The van der Waals surface area contributed by atoms with Crippen molar-refractivity contribution in [2.45, 2.75) is 18.5 Å². The van der Waals surface area contributed by atoms with Crippen LogP contribution in [-0.4, -0.2) is 54.7 Å². The van der Waals surface area contributed by atoms with E-state index in [1.807, 2.05) is 24.3 Å². The molecule has 0 aromatic heterocycles. The Morgan fingerprint density at radius 2 is 2.04 bits per heavy atom. The molecule has 0 aliphatic carbocycles. The molecule has 1 amide bonds. The number of nitrogens with zero attached hydrogens (tertiary/aromatic N) is 1. The number of ether oxygens (including phenoxy) is 1. The first-order valence-electron chi connectivity index (χ1n) is 7.27. The van der Waals surface area contributed by atoms with Crippen LogP contribution in [0.5, 0.6) is 0 Å². The van der Waals surface area contributed by atoms with Gasteiger partial charge in [0.15, 0.2) is 0 Å². The van der Waals surface area contributed by atoms with Gasteiger partial charge in [0, 0.05) is 24.2 Å². The molecule has 1 fully saturated rings. The average molecular weight is 386 g/mol. The Labute approximate surface area is 143 Å². The Morgan fingerprint density at radius 3 is 2.65 bits per heavy atom. The molecule has 2 atom stereocenters. The number of benzene rings is 1. The molecule has 1 aliphatic rings. The van der Waals surface area contributed by atoms with Crippen molar-refractivity contribution in [2.24, 2.45) is 0 Å². The van der Waals surface area contributed by atoms with E-state index in [-0.39, 0.29) is 25.0 Å². The number of hydrogen-bond acceptors (Lipinski definition) is 5. The molecular weight excluding hydrogens is 366 g/mol. The molecule has 0 radical (unpaired) electrons. The van der Waals surface area contributed by atoms with E-state index in [0.717, 1.165) is 10.0 Å². The van der Waals surface area contributed by atoms with Crippen LogP contribution in [0.25, 0.3) is 0 Å². The standard InChI is InChI=1S/C15H20BrN3O4/c1-23-7-6-19(9-14(20)21)15(22)13-8-12(17-18-13)10-2-4-11(16)5-3-10/h2-5,12-13,17-18H,6-9H2,1H3,(H,20,21). The molecule has 8 heteroatoms. The highest BCUT2D eigenvalue weighted by atomic mass is 79.9. The lowest BCUT2D eigenvalue weighted by atomic mass is 10.0. The molecule has 1 heterocycles. The highest BCUT2D eigenvalue weighted by Crippen LogP contribution is 2.24. The zero-order valence-electron chi connectivity index (χ0n) is 12.8. The summed E-state index contributed by atoms with van der Waals surface area (Å²) in [6.07, 6.45) is 0.559. The number of aliphatic carboxylic acids is 1. The van der Waals surface area contributed by atoms with Crippen molar-refractivity contribution in [2.75, 3.05) is 26.8 Å². The van der Waals surface area contributed by atoms with E-state index in [9.17, 15) is 9.59 Å². The first-order valence-corrected chi connectivity index (χ1v) is 8.06. The predicted octanol–water partition coefficient (Wildman–Crippen LogP) is 0.916. The van der Waals surface area contributed by atoms with Crippen molar-refractivity contribution in [1.29, 1.82) is 0 Å². The van der Waals surface area contributed by atoms with Crippen LogP contribution in [0.1, 0.15) is 18.0 Å². The van der Waals surface area contributed by atoms with E-state index >= 15 is 0 Å². The maximum atomic E-state index is 12.5. The van der Waals surface area contributed by atoms with E-state index in [4.69, 9.17) is 9.84 Å². The monoisotopic (exact) mass is 385 g/mol. The summed E-state index contributed by atoms with van der Waals surface area (Å²) in [5, 5.41) is 8.96. The molecular formula is C15H20BrN3O4. The molecule has 1 aliphatic heterocycles. The van der Waals surface area contributed by atoms with Gasteiger partial charge < -0.3 is 14.7 Å². The number of carbonyl (C=O) groups is 2. The number of halogens is 1. The van der Waals surface area contributed by atoms with Crippen LogP contribution < -0.4 is 10.9 Å². The van der Waals surface area contributed by atoms with Gasteiger partial charge in [-0.25, -0.2) is 10.9 Å². The number of nitrogens with one attached hydrogen (secondary N) is 2. The summed E-state index contributed by atoms with van der Waals surface area (Å²) >= 11 is 3.39. The molecule has 0 bridgehead atoms. The quantitative estimate of drug-likeness (QED) is 0.646. The summed E-state index contributed by atoms with van der Waals surface area (Å²) in [7, 11) is 1.52. The fraction of sp³-hybridized carbons (Fsp3) is 0.467. The van der Waals surface area contributed by atoms with Gasteiger partial charge in [-0.1, -0.05) is 28.1 Å². The second-order valence-electron chi connectivity index (χ2n) is 5.33. The first-order chi connectivity index (χ1) is 11.0. The lowest BCUT2D eigenvalue weighted by molar-refractivity contribution is -0.145. The van der Waals surface area contributed by atoms with Crippen LogP contribution in [0.4, 0.5) is 0 Å². The van der Waals surface area contributed by atoms with Gasteiger partial charge >= 0.3 is 5.97 Å². The molecule has 23 heavy (non-hydrogen) atoms. The molecule has 0 spiro atoms. The number of carboxylic acid groups (broad SMARTS) is 1. The number of methoxy groups -OCH3 is 1. The normalized spacial score (nSPS) is 20.4. The van der Waals surface area contributed by atoms with Crippen LogP contribution in [0, 0.1) is 0 Å². The molecule has 1 aromatic rings. The van der Waals surface area contributed by atoms with E-state index < -0.39 is 12.0 Å². The van der Waals surface area contributed by atoms with Gasteiger partial charge in [-0.05, 0) is 24.1 Å². The van der Waals surface area contributed by atoms with Gasteiger partial charge in [-0.15, -0.1) is 0 Å². The van der Waals surface area contributed by atoms with Crippen LogP contribution in [0.2, 0.25) is 0 Å². The third-order valence-corrected chi connectivity index (χ3v) is 4.21. The Kier molecular flexibility index (Phi) is 6.52. The number of amides is 1. The number of carboxylic acids is 1. The molecule has 126 valence electrons. The summed E-state index contributed by atoms with van der Waals surface area (Å²) in [6, 6.07) is 7.40. The topological polar surface area (TPSA) is 90.9 Å². The Hall–Kier alpha value is -1.48. The van der Waals surface area contributed by atoms with Crippen molar-refractivity contribution in [3.63, 3.8) is 0 Å². The highest BCUT2D eigenvalue weighted by Gasteiger charge is 2.33. The van der Waals surface area contributed by atoms with Crippen molar-refractivity contribution in [1.82, 2.24) is 15.8 Å². The SMILES string of the molecule is COCCN(CC(=O)O)C(=O)C1CC(c2ccc(Br)cc2)NN1. The molecule has 1 aromatic carbocycles. The third kappa shape index (κ3) is 5.00. The fourth-order valence-corrected chi connectivity index (χ4v) is 2.75. The fourth-order valence-electron chi connectivity index (χ4n) is 2.48. The van der Waals surface area contributed by atoms with Crippen LogP contribution >= 0.6 is 15.9 Å². The van der Waals surface area contributed by atoms with E-state index in [0.29, 0.717) is 13.0 Å². The zero-order valence-corrected chi connectivity index (χ0v) is 14.4.